The van der Waals surface area contributed by atoms with Crippen molar-refractivity contribution >= 4 is 28.5 Å². The maximum absolute atomic E-state index is 11.9. The van der Waals surface area contributed by atoms with E-state index in [1.165, 1.54) is 23.3 Å². The van der Waals surface area contributed by atoms with Gasteiger partial charge in [0.2, 0.25) is 0 Å². The van der Waals surface area contributed by atoms with Crippen molar-refractivity contribution in [2.45, 2.75) is 25.9 Å². The van der Waals surface area contributed by atoms with Gasteiger partial charge in [-0.3, -0.25) is 4.79 Å². The van der Waals surface area contributed by atoms with E-state index in [0.717, 1.165) is 24.6 Å². The molecule has 3 aromatic rings. The van der Waals surface area contributed by atoms with Gasteiger partial charge in [0.1, 0.15) is 17.9 Å². The van der Waals surface area contributed by atoms with Crippen LogP contribution in [0.4, 0.5) is 0 Å². The Kier molecular flexibility index (Phi) is 4.17. The standard InChI is InChI=1S/C20H16ClNO4/c21-14-4-5-17(16(9-14)20(22)24)25-10-13-8-19(23)26-18-7-12-3-1-2-11(12)6-15(13)18/h4-9H,1-3,10H2,(H2,22,24). The van der Waals surface area contributed by atoms with Gasteiger partial charge in [-0.15, -0.1) is 0 Å². The molecule has 0 radical (unpaired) electrons. The zero-order valence-corrected chi connectivity index (χ0v) is 14.6. The molecule has 5 nitrogen and oxygen atoms in total. The van der Waals surface area contributed by atoms with E-state index in [9.17, 15) is 9.59 Å². The number of fused-ring (bicyclic) bond motifs is 2. The van der Waals surface area contributed by atoms with E-state index in [1.54, 1.807) is 12.1 Å². The molecule has 132 valence electrons. The summed E-state index contributed by atoms with van der Waals surface area (Å²) in [6.07, 6.45) is 3.13. The smallest absolute Gasteiger partial charge is 0.336 e. The molecule has 26 heavy (non-hydrogen) atoms. The normalized spacial score (nSPS) is 13.0. The van der Waals surface area contributed by atoms with E-state index in [0.29, 0.717) is 21.9 Å². The molecule has 0 saturated heterocycles. The third kappa shape index (κ3) is 3.06. The molecule has 1 aliphatic carbocycles. The van der Waals surface area contributed by atoms with Crippen molar-refractivity contribution in [2.24, 2.45) is 5.73 Å². The highest BCUT2D eigenvalue weighted by atomic mass is 35.5. The number of hydrogen-bond donors (Lipinski definition) is 1. The molecule has 1 aliphatic rings. The summed E-state index contributed by atoms with van der Waals surface area (Å²) in [6, 6.07) is 10.1. The Morgan fingerprint density at radius 3 is 2.69 bits per heavy atom. The van der Waals surface area contributed by atoms with Gasteiger partial charge in [-0.1, -0.05) is 11.6 Å². The largest absolute Gasteiger partial charge is 0.488 e. The molecule has 4 rings (SSSR count). The molecular formula is C20H16ClNO4. The van der Waals surface area contributed by atoms with Crippen LogP contribution in [-0.4, -0.2) is 5.91 Å². The molecule has 0 fully saturated rings. The quantitative estimate of drug-likeness (QED) is 0.712. The summed E-state index contributed by atoms with van der Waals surface area (Å²) in [6.45, 7) is 0.114. The van der Waals surface area contributed by atoms with Gasteiger partial charge >= 0.3 is 5.63 Å². The Balaban J connectivity index is 1.72. The van der Waals surface area contributed by atoms with Crippen LogP contribution in [0.5, 0.6) is 5.75 Å². The van der Waals surface area contributed by atoms with Crippen LogP contribution < -0.4 is 16.1 Å². The Hall–Kier alpha value is -2.79. The number of hydrogen-bond acceptors (Lipinski definition) is 4. The fourth-order valence-corrected chi connectivity index (χ4v) is 3.56. The molecule has 0 unspecified atom stereocenters. The highest BCUT2D eigenvalue weighted by molar-refractivity contribution is 6.31. The van der Waals surface area contributed by atoms with Crippen LogP contribution in [-0.2, 0) is 19.4 Å². The van der Waals surface area contributed by atoms with Crippen molar-refractivity contribution in [2.75, 3.05) is 0 Å². The Bertz CT molecular complexity index is 1090. The molecule has 0 saturated carbocycles. The van der Waals surface area contributed by atoms with E-state index < -0.39 is 11.5 Å². The zero-order valence-electron chi connectivity index (χ0n) is 13.9. The maximum atomic E-state index is 11.9. The van der Waals surface area contributed by atoms with Gasteiger partial charge in [0.05, 0.1) is 5.56 Å². The van der Waals surface area contributed by atoms with Gasteiger partial charge in [0.25, 0.3) is 5.91 Å². The molecule has 2 N–H and O–H groups in total. The number of benzene rings is 2. The lowest BCUT2D eigenvalue weighted by atomic mass is 10.0. The van der Waals surface area contributed by atoms with Gasteiger partial charge in [-0.05, 0) is 60.7 Å². The van der Waals surface area contributed by atoms with Crippen LogP contribution in [0.3, 0.4) is 0 Å². The number of amides is 1. The molecule has 0 atom stereocenters. The third-order valence-electron chi connectivity index (χ3n) is 4.63. The average Bonchev–Trinajstić information content (AvgIpc) is 3.05. The van der Waals surface area contributed by atoms with E-state index in [2.05, 4.69) is 6.07 Å². The number of ether oxygens (including phenoxy) is 1. The lowest BCUT2D eigenvalue weighted by molar-refractivity contribution is 0.0996. The molecule has 1 amide bonds. The molecule has 6 heteroatoms. The van der Waals surface area contributed by atoms with Crippen LogP contribution in [0.15, 0.2) is 45.6 Å². The average molecular weight is 370 g/mol. The lowest BCUT2D eigenvalue weighted by Gasteiger charge is -2.12. The second-order valence-corrected chi connectivity index (χ2v) is 6.79. The SMILES string of the molecule is NC(=O)c1cc(Cl)ccc1OCc1cc(=O)oc2cc3c(cc12)CCC3. The summed E-state index contributed by atoms with van der Waals surface area (Å²) in [5, 5.41) is 1.24. The first-order valence-corrected chi connectivity index (χ1v) is 8.70. The Morgan fingerprint density at radius 1 is 1.15 bits per heavy atom. The van der Waals surface area contributed by atoms with Crippen LogP contribution >= 0.6 is 11.6 Å². The van der Waals surface area contributed by atoms with Crippen LogP contribution in [0.1, 0.15) is 33.5 Å². The topological polar surface area (TPSA) is 82.5 Å². The van der Waals surface area contributed by atoms with E-state index in [1.807, 2.05) is 6.07 Å². The van der Waals surface area contributed by atoms with Crippen molar-refractivity contribution in [3.8, 4) is 5.75 Å². The van der Waals surface area contributed by atoms with Gasteiger partial charge in [-0.25, -0.2) is 4.79 Å². The second kappa shape index (κ2) is 6.50. The van der Waals surface area contributed by atoms with Crippen molar-refractivity contribution in [3.05, 3.63) is 74.1 Å². The van der Waals surface area contributed by atoms with Crippen LogP contribution in [0.25, 0.3) is 11.0 Å². The third-order valence-corrected chi connectivity index (χ3v) is 4.87. The molecule has 1 aromatic heterocycles. The minimum absolute atomic E-state index is 0.114. The molecule has 0 spiro atoms. The number of primary amides is 1. The fraction of sp³-hybridized carbons (Fsp3) is 0.200. The zero-order chi connectivity index (χ0) is 18.3. The summed E-state index contributed by atoms with van der Waals surface area (Å²) >= 11 is 5.91. The number of nitrogens with two attached hydrogens (primary N) is 1. The van der Waals surface area contributed by atoms with Crippen LogP contribution in [0.2, 0.25) is 5.02 Å². The first-order chi connectivity index (χ1) is 12.5. The van der Waals surface area contributed by atoms with Gasteiger partial charge in [0, 0.05) is 22.0 Å². The second-order valence-electron chi connectivity index (χ2n) is 6.35. The van der Waals surface area contributed by atoms with E-state index >= 15 is 0 Å². The summed E-state index contributed by atoms with van der Waals surface area (Å²) in [4.78, 5) is 23.5. The maximum Gasteiger partial charge on any atom is 0.336 e. The Labute approximate surface area is 154 Å². The molecular weight excluding hydrogens is 354 g/mol. The Morgan fingerprint density at radius 2 is 1.92 bits per heavy atom. The van der Waals surface area contributed by atoms with Gasteiger partial charge in [-0.2, -0.15) is 0 Å². The number of halogens is 1. The van der Waals surface area contributed by atoms with Gasteiger partial charge < -0.3 is 14.9 Å². The summed E-state index contributed by atoms with van der Waals surface area (Å²) < 4.78 is 11.1. The van der Waals surface area contributed by atoms with Crippen LogP contribution in [0, 0.1) is 0 Å². The number of aryl methyl sites for hydroxylation is 2. The molecule has 0 bridgehead atoms. The fourth-order valence-electron chi connectivity index (χ4n) is 3.39. The first-order valence-electron chi connectivity index (χ1n) is 8.32. The number of rotatable bonds is 4. The molecule has 0 aliphatic heterocycles. The summed E-state index contributed by atoms with van der Waals surface area (Å²) in [7, 11) is 0. The van der Waals surface area contributed by atoms with Gasteiger partial charge in [0.15, 0.2) is 0 Å². The summed E-state index contributed by atoms with van der Waals surface area (Å²) in [5.41, 5.74) is 8.92. The minimum atomic E-state index is -0.627. The van der Waals surface area contributed by atoms with Crippen molar-refractivity contribution in [3.63, 3.8) is 0 Å². The predicted molar refractivity (Wildman–Crippen MR) is 98.8 cm³/mol. The monoisotopic (exact) mass is 369 g/mol. The van der Waals surface area contributed by atoms with Crippen molar-refractivity contribution in [1.29, 1.82) is 0 Å². The molecule has 1 heterocycles. The first kappa shape index (κ1) is 16.7. The van der Waals surface area contributed by atoms with Crippen molar-refractivity contribution < 1.29 is 13.9 Å². The molecule has 2 aromatic carbocycles. The highest BCUT2D eigenvalue weighted by Gasteiger charge is 2.16. The lowest BCUT2D eigenvalue weighted by Crippen LogP contribution is -2.13. The van der Waals surface area contributed by atoms with E-state index in [-0.39, 0.29) is 12.2 Å². The number of carbonyl (C=O) groups is 1. The van der Waals surface area contributed by atoms with E-state index in [4.69, 9.17) is 26.5 Å². The van der Waals surface area contributed by atoms with Crippen molar-refractivity contribution in [1.82, 2.24) is 0 Å². The predicted octanol–water partition coefficient (Wildman–Crippen LogP) is 3.61. The number of carbonyl (C=O) groups excluding carboxylic acids is 1. The summed E-state index contributed by atoms with van der Waals surface area (Å²) in [5.74, 6) is -0.304. The highest BCUT2D eigenvalue weighted by Crippen LogP contribution is 2.29. The minimum Gasteiger partial charge on any atom is -0.488 e.